The number of carbonyl (C=O) groups is 2. The molecule has 0 aromatic carbocycles. The highest BCUT2D eigenvalue weighted by molar-refractivity contribution is 7.99. The SMILES string of the molecule is CC(=O)CC(=O)NCCN1CCSCC1. The van der Waals surface area contributed by atoms with E-state index in [1.807, 2.05) is 11.8 Å². The molecule has 0 spiro atoms. The van der Waals surface area contributed by atoms with Crippen LogP contribution in [0.1, 0.15) is 13.3 Å². The van der Waals surface area contributed by atoms with Gasteiger partial charge in [-0.05, 0) is 6.92 Å². The first-order valence-electron chi connectivity index (χ1n) is 5.24. The highest BCUT2D eigenvalue weighted by Crippen LogP contribution is 2.07. The summed E-state index contributed by atoms with van der Waals surface area (Å²) in [6.07, 6.45) is 0.00977. The van der Waals surface area contributed by atoms with Gasteiger partial charge in [0.2, 0.25) is 5.91 Å². The summed E-state index contributed by atoms with van der Waals surface area (Å²) in [5.74, 6) is 2.12. The fraction of sp³-hybridized carbons (Fsp3) is 0.800. The average molecular weight is 230 g/mol. The molecule has 0 atom stereocenters. The Balaban J connectivity index is 2.04. The highest BCUT2D eigenvalue weighted by Gasteiger charge is 2.10. The first kappa shape index (κ1) is 12.5. The number of thioether (sulfide) groups is 1. The molecule has 0 unspecified atom stereocenters. The van der Waals surface area contributed by atoms with Crippen LogP contribution < -0.4 is 5.32 Å². The van der Waals surface area contributed by atoms with Crippen LogP contribution in [0.2, 0.25) is 0 Å². The zero-order chi connectivity index (χ0) is 11.1. The predicted octanol–water partition coefficient (Wildman–Crippen LogP) is 0.131. The van der Waals surface area contributed by atoms with Crippen LogP contribution in [0.15, 0.2) is 0 Å². The Morgan fingerprint density at radius 1 is 1.33 bits per heavy atom. The molecule has 0 aliphatic carbocycles. The van der Waals surface area contributed by atoms with E-state index in [4.69, 9.17) is 0 Å². The molecule has 1 saturated heterocycles. The van der Waals surface area contributed by atoms with Gasteiger partial charge >= 0.3 is 0 Å². The lowest BCUT2D eigenvalue weighted by Crippen LogP contribution is -2.39. The maximum absolute atomic E-state index is 11.1. The number of rotatable bonds is 5. The largest absolute Gasteiger partial charge is 0.354 e. The summed E-state index contributed by atoms with van der Waals surface area (Å²) in [6.45, 7) is 5.18. The molecule has 0 saturated carbocycles. The van der Waals surface area contributed by atoms with Crippen molar-refractivity contribution < 1.29 is 9.59 Å². The van der Waals surface area contributed by atoms with E-state index >= 15 is 0 Å². The van der Waals surface area contributed by atoms with Crippen LogP contribution in [0.25, 0.3) is 0 Å². The van der Waals surface area contributed by atoms with Crippen molar-refractivity contribution in [3.63, 3.8) is 0 Å². The van der Waals surface area contributed by atoms with Crippen LogP contribution in [0.3, 0.4) is 0 Å². The van der Waals surface area contributed by atoms with E-state index in [1.165, 1.54) is 18.4 Å². The minimum Gasteiger partial charge on any atom is -0.354 e. The molecular formula is C10H18N2O2S. The monoisotopic (exact) mass is 230 g/mol. The van der Waals surface area contributed by atoms with Crippen LogP contribution in [-0.4, -0.2) is 54.3 Å². The van der Waals surface area contributed by atoms with Crippen molar-refractivity contribution in [3.05, 3.63) is 0 Å². The number of carbonyl (C=O) groups excluding carboxylic acids is 2. The molecule has 0 aromatic heterocycles. The number of hydrogen-bond donors (Lipinski definition) is 1. The maximum atomic E-state index is 11.1. The van der Waals surface area contributed by atoms with Gasteiger partial charge in [0.1, 0.15) is 5.78 Å². The summed E-state index contributed by atoms with van der Waals surface area (Å²) < 4.78 is 0. The third-order valence-corrected chi connectivity index (χ3v) is 3.21. The summed E-state index contributed by atoms with van der Waals surface area (Å²) in [7, 11) is 0. The van der Waals surface area contributed by atoms with Crippen LogP contribution >= 0.6 is 11.8 Å². The second-order valence-corrected chi connectivity index (χ2v) is 4.91. The molecule has 1 N–H and O–H groups in total. The van der Waals surface area contributed by atoms with Crippen molar-refractivity contribution >= 4 is 23.5 Å². The molecule has 4 nitrogen and oxygen atoms in total. The van der Waals surface area contributed by atoms with E-state index in [0.717, 1.165) is 19.6 Å². The van der Waals surface area contributed by atoms with E-state index in [0.29, 0.717) is 6.54 Å². The average Bonchev–Trinajstić information content (AvgIpc) is 2.18. The molecule has 15 heavy (non-hydrogen) atoms. The van der Waals surface area contributed by atoms with Crippen molar-refractivity contribution in [3.8, 4) is 0 Å². The molecule has 1 aliphatic heterocycles. The zero-order valence-corrected chi connectivity index (χ0v) is 9.94. The molecular weight excluding hydrogens is 212 g/mol. The van der Waals surface area contributed by atoms with Crippen LogP contribution in [0.5, 0.6) is 0 Å². The summed E-state index contributed by atoms with van der Waals surface area (Å²) >= 11 is 1.97. The molecule has 1 fully saturated rings. The molecule has 0 bridgehead atoms. The first-order valence-corrected chi connectivity index (χ1v) is 6.40. The second-order valence-electron chi connectivity index (χ2n) is 3.68. The molecule has 1 amide bonds. The molecule has 1 rings (SSSR count). The lowest BCUT2D eigenvalue weighted by atomic mass is 10.3. The molecule has 1 heterocycles. The van der Waals surface area contributed by atoms with Gasteiger partial charge in [0, 0.05) is 37.7 Å². The Hall–Kier alpha value is -0.550. The van der Waals surface area contributed by atoms with Crippen LogP contribution in [-0.2, 0) is 9.59 Å². The van der Waals surface area contributed by atoms with E-state index in [1.54, 1.807) is 0 Å². The zero-order valence-electron chi connectivity index (χ0n) is 9.12. The Kier molecular flexibility index (Phi) is 5.71. The standard InChI is InChI=1S/C10H18N2O2S/c1-9(13)8-10(14)11-2-3-12-4-6-15-7-5-12/h2-8H2,1H3,(H,11,14). The highest BCUT2D eigenvalue weighted by atomic mass is 32.2. The number of Topliss-reactive ketones (excluding diaryl/α,β-unsaturated/α-hetero) is 1. The second kappa shape index (κ2) is 6.85. The van der Waals surface area contributed by atoms with Gasteiger partial charge in [0.25, 0.3) is 0 Å². The minimum absolute atomic E-state index is 0.00977. The Labute approximate surface area is 94.8 Å². The number of nitrogens with one attached hydrogen (secondary N) is 1. The number of ketones is 1. The third kappa shape index (κ3) is 5.79. The summed E-state index contributed by atoms with van der Waals surface area (Å²) in [5.41, 5.74) is 0. The van der Waals surface area contributed by atoms with Crippen molar-refractivity contribution in [2.24, 2.45) is 0 Å². The number of amides is 1. The van der Waals surface area contributed by atoms with Gasteiger partial charge in [-0.15, -0.1) is 0 Å². The fourth-order valence-corrected chi connectivity index (χ4v) is 2.45. The van der Waals surface area contributed by atoms with Crippen molar-refractivity contribution in [2.45, 2.75) is 13.3 Å². The molecule has 1 aliphatic rings. The number of hydrogen-bond acceptors (Lipinski definition) is 4. The molecule has 0 aromatic rings. The van der Waals surface area contributed by atoms with Crippen molar-refractivity contribution in [1.29, 1.82) is 0 Å². The Bertz CT molecular complexity index is 227. The van der Waals surface area contributed by atoms with Gasteiger partial charge in [0.05, 0.1) is 6.42 Å². The first-order chi connectivity index (χ1) is 7.18. The molecule has 0 radical (unpaired) electrons. The van der Waals surface area contributed by atoms with E-state index in [2.05, 4.69) is 10.2 Å². The minimum atomic E-state index is -0.158. The summed E-state index contributed by atoms with van der Waals surface area (Å²) in [5, 5.41) is 2.75. The lowest BCUT2D eigenvalue weighted by Gasteiger charge is -2.25. The van der Waals surface area contributed by atoms with Gasteiger partial charge in [-0.1, -0.05) is 0 Å². The van der Waals surface area contributed by atoms with Crippen LogP contribution in [0, 0.1) is 0 Å². The summed E-state index contributed by atoms with van der Waals surface area (Å²) in [4.78, 5) is 24.1. The fourth-order valence-electron chi connectivity index (χ4n) is 1.47. The Morgan fingerprint density at radius 2 is 2.00 bits per heavy atom. The van der Waals surface area contributed by atoms with Gasteiger partial charge in [-0.2, -0.15) is 11.8 Å². The van der Waals surface area contributed by atoms with Gasteiger partial charge < -0.3 is 5.32 Å². The summed E-state index contributed by atoms with van der Waals surface area (Å²) in [6, 6.07) is 0. The van der Waals surface area contributed by atoms with Gasteiger partial charge in [-0.25, -0.2) is 0 Å². The predicted molar refractivity (Wildman–Crippen MR) is 62.1 cm³/mol. The van der Waals surface area contributed by atoms with Crippen molar-refractivity contribution in [1.82, 2.24) is 10.2 Å². The molecule has 5 heteroatoms. The smallest absolute Gasteiger partial charge is 0.227 e. The Morgan fingerprint density at radius 3 is 2.60 bits per heavy atom. The quantitative estimate of drug-likeness (QED) is 0.682. The van der Waals surface area contributed by atoms with Gasteiger partial charge in [0.15, 0.2) is 0 Å². The van der Waals surface area contributed by atoms with E-state index in [-0.39, 0.29) is 18.1 Å². The normalized spacial score (nSPS) is 17.4. The number of nitrogens with zero attached hydrogens (tertiary/aromatic N) is 1. The lowest BCUT2D eigenvalue weighted by molar-refractivity contribution is -0.127. The molecule has 86 valence electrons. The third-order valence-electron chi connectivity index (χ3n) is 2.26. The maximum Gasteiger partial charge on any atom is 0.227 e. The van der Waals surface area contributed by atoms with E-state index in [9.17, 15) is 9.59 Å². The van der Waals surface area contributed by atoms with Crippen molar-refractivity contribution in [2.75, 3.05) is 37.7 Å². The van der Waals surface area contributed by atoms with E-state index < -0.39 is 0 Å². The van der Waals surface area contributed by atoms with Crippen LogP contribution in [0.4, 0.5) is 0 Å². The van der Waals surface area contributed by atoms with Gasteiger partial charge in [-0.3, -0.25) is 14.5 Å². The topological polar surface area (TPSA) is 49.4 Å².